The fraction of sp³-hybridized carbons (Fsp3) is 0.417. The number of halogens is 1. The Morgan fingerprint density at radius 3 is 2.40 bits per heavy atom. The van der Waals surface area contributed by atoms with Gasteiger partial charge in [-0.3, -0.25) is 4.79 Å². The second kappa shape index (κ2) is 4.35. The summed E-state index contributed by atoms with van der Waals surface area (Å²) in [5, 5.41) is 0. The average molecular weight is 271 g/mol. The van der Waals surface area contributed by atoms with Crippen molar-refractivity contribution < 1.29 is 9.53 Å². The molecule has 3 heteroatoms. The van der Waals surface area contributed by atoms with Crippen molar-refractivity contribution >= 4 is 21.7 Å². The molecule has 0 aliphatic heterocycles. The third-order valence-corrected chi connectivity index (χ3v) is 2.72. The zero-order valence-electron chi connectivity index (χ0n) is 9.43. The maximum atomic E-state index is 12.1. The van der Waals surface area contributed by atoms with E-state index in [9.17, 15) is 4.79 Å². The molecule has 1 aromatic rings. The second-order valence-corrected chi connectivity index (χ2v) is 5.25. The molecule has 0 saturated carbocycles. The first-order chi connectivity index (χ1) is 6.88. The van der Waals surface area contributed by atoms with Gasteiger partial charge in [0.15, 0.2) is 5.78 Å². The maximum Gasteiger partial charge on any atom is 0.171 e. The van der Waals surface area contributed by atoms with Crippen molar-refractivity contribution in [2.24, 2.45) is 5.41 Å². The van der Waals surface area contributed by atoms with Crippen LogP contribution in [0.15, 0.2) is 22.7 Å². The first kappa shape index (κ1) is 12.2. The summed E-state index contributed by atoms with van der Waals surface area (Å²) in [4.78, 5) is 12.1. The predicted octanol–water partition coefficient (Wildman–Crippen LogP) is 3.69. The van der Waals surface area contributed by atoms with Crippen LogP contribution in [0.5, 0.6) is 5.75 Å². The van der Waals surface area contributed by atoms with E-state index in [1.165, 1.54) is 0 Å². The van der Waals surface area contributed by atoms with Gasteiger partial charge in [0, 0.05) is 5.41 Å². The van der Waals surface area contributed by atoms with Crippen LogP contribution < -0.4 is 4.74 Å². The molecule has 0 heterocycles. The number of hydrogen-bond donors (Lipinski definition) is 0. The number of carbonyl (C=O) groups is 1. The van der Waals surface area contributed by atoms with E-state index in [0.717, 1.165) is 4.47 Å². The van der Waals surface area contributed by atoms with E-state index < -0.39 is 5.41 Å². The first-order valence-electron chi connectivity index (χ1n) is 4.75. The Morgan fingerprint density at radius 2 is 1.93 bits per heavy atom. The SMILES string of the molecule is COc1c(Br)cccc1C(=O)C(C)(C)C. The summed E-state index contributed by atoms with van der Waals surface area (Å²) in [6.07, 6.45) is 0. The Labute approximate surface area is 98.8 Å². The van der Waals surface area contributed by atoms with Gasteiger partial charge in [0.25, 0.3) is 0 Å². The summed E-state index contributed by atoms with van der Waals surface area (Å²) in [5.74, 6) is 0.693. The quantitative estimate of drug-likeness (QED) is 0.767. The second-order valence-electron chi connectivity index (χ2n) is 4.40. The molecule has 0 amide bonds. The summed E-state index contributed by atoms with van der Waals surface area (Å²) in [5.41, 5.74) is 0.230. The van der Waals surface area contributed by atoms with E-state index in [1.54, 1.807) is 13.2 Å². The number of Topliss-reactive ketones (excluding diaryl/α,β-unsaturated/α-hetero) is 1. The van der Waals surface area contributed by atoms with Crippen LogP contribution in [0, 0.1) is 5.41 Å². The van der Waals surface area contributed by atoms with E-state index >= 15 is 0 Å². The molecule has 15 heavy (non-hydrogen) atoms. The van der Waals surface area contributed by atoms with Crippen molar-refractivity contribution in [3.63, 3.8) is 0 Å². The highest BCUT2D eigenvalue weighted by Crippen LogP contribution is 2.33. The van der Waals surface area contributed by atoms with Crippen molar-refractivity contribution in [1.29, 1.82) is 0 Å². The van der Waals surface area contributed by atoms with E-state index in [2.05, 4.69) is 15.9 Å². The number of ketones is 1. The largest absolute Gasteiger partial charge is 0.495 e. The molecule has 0 aliphatic rings. The first-order valence-corrected chi connectivity index (χ1v) is 5.54. The lowest BCUT2D eigenvalue weighted by Gasteiger charge is -2.18. The van der Waals surface area contributed by atoms with Crippen LogP contribution >= 0.6 is 15.9 Å². The van der Waals surface area contributed by atoms with Crippen LogP contribution in [-0.2, 0) is 0 Å². The molecule has 0 aromatic heterocycles. The number of ether oxygens (including phenoxy) is 1. The van der Waals surface area contributed by atoms with Crippen molar-refractivity contribution in [1.82, 2.24) is 0 Å². The molecule has 1 aromatic carbocycles. The summed E-state index contributed by atoms with van der Waals surface area (Å²) >= 11 is 3.37. The summed E-state index contributed by atoms with van der Waals surface area (Å²) in [6, 6.07) is 5.49. The summed E-state index contributed by atoms with van der Waals surface area (Å²) < 4.78 is 6.03. The number of para-hydroxylation sites is 1. The monoisotopic (exact) mass is 270 g/mol. The van der Waals surface area contributed by atoms with Crippen molar-refractivity contribution in [3.05, 3.63) is 28.2 Å². The highest BCUT2D eigenvalue weighted by molar-refractivity contribution is 9.10. The topological polar surface area (TPSA) is 26.3 Å². The number of carbonyl (C=O) groups excluding carboxylic acids is 1. The highest BCUT2D eigenvalue weighted by atomic mass is 79.9. The zero-order chi connectivity index (χ0) is 11.6. The van der Waals surface area contributed by atoms with E-state index in [4.69, 9.17) is 4.74 Å². The van der Waals surface area contributed by atoms with Crippen LogP contribution in [0.4, 0.5) is 0 Å². The Morgan fingerprint density at radius 1 is 1.33 bits per heavy atom. The van der Waals surface area contributed by atoms with Crippen LogP contribution in [0.3, 0.4) is 0 Å². The molecule has 0 fully saturated rings. The van der Waals surface area contributed by atoms with Crippen molar-refractivity contribution in [3.8, 4) is 5.75 Å². The van der Waals surface area contributed by atoms with E-state index in [0.29, 0.717) is 11.3 Å². The molecule has 0 unspecified atom stereocenters. The van der Waals surface area contributed by atoms with Gasteiger partial charge in [-0.05, 0) is 28.1 Å². The van der Waals surface area contributed by atoms with Crippen LogP contribution in [0.2, 0.25) is 0 Å². The van der Waals surface area contributed by atoms with Gasteiger partial charge in [-0.1, -0.05) is 26.8 Å². The molecule has 0 spiro atoms. The molecule has 2 nitrogen and oxygen atoms in total. The fourth-order valence-electron chi connectivity index (χ4n) is 1.30. The van der Waals surface area contributed by atoms with Gasteiger partial charge in [0.1, 0.15) is 5.75 Å². The Balaban J connectivity index is 3.26. The van der Waals surface area contributed by atoms with Crippen LogP contribution in [-0.4, -0.2) is 12.9 Å². The zero-order valence-corrected chi connectivity index (χ0v) is 11.0. The standard InChI is InChI=1S/C12H15BrO2/c1-12(2,3)11(14)8-6-5-7-9(13)10(8)15-4/h5-7H,1-4H3. The summed E-state index contributed by atoms with van der Waals surface area (Å²) in [6.45, 7) is 5.70. The minimum atomic E-state index is -0.395. The molecule has 0 saturated heterocycles. The lowest BCUT2D eigenvalue weighted by molar-refractivity contribution is 0.0855. The normalized spacial score (nSPS) is 11.3. The molecule has 82 valence electrons. The van der Waals surface area contributed by atoms with Gasteiger partial charge in [-0.15, -0.1) is 0 Å². The van der Waals surface area contributed by atoms with E-state index in [-0.39, 0.29) is 5.78 Å². The minimum absolute atomic E-state index is 0.0839. The Hall–Kier alpha value is -0.830. The number of hydrogen-bond acceptors (Lipinski definition) is 2. The molecule has 0 N–H and O–H groups in total. The molecule has 0 bridgehead atoms. The highest BCUT2D eigenvalue weighted by Gasteiger charge is 2.26. The van der Waals surface area contributed by atoms with E-state index in [1.807, 2.05) is 32.9 Å². The van der Waals surface area contributed by atoms with Gasteiger partial charge in [-0.25, -0.2) is 0 Å². The van der Waals surface area contributed by atoms with Crippen LogP contribution in [0.1, 0.15) is 31.1 Å². The molecule has 0 radical (unpaired) electrons. The van der Waals surface area contributed by atoms with Gasteiger partial charge in [0.2, 0.25) is 0 Å². The Kier molecular flexibility index (Phi) is 3.55. The van der Waals surface area contributed by atoms with Crippen molar-refractivity contribution in [2.75, 3.05) is 7.11 Å². The van der Waals surface area contributed by atoms with Crippen LogP contribution in [0.25, 0.3) is 0 Å². The smallest absolute Gasteiger partial charge is 0.171 e. The lowest BCUT2D eigenvalue weighted by atomic mass is 9.86. The predicted molar refractivity (Wildman–Crippen MR) is 64.5 cm³/mol. The molecule has 0 atom stereocenters. The third kappa shape index (κ3) is 2.59. The maximum absolute atomic E-state index is 12.1. The molecular weight excluding hydrogens is 256 g/mol. The van der Waals surface area contributed by atoms with Gasteiger partial charge < -0.3 is 4.74 Å². The van der Waals surface area contributed by atoms with Gasteiger partial charge in [0.05, 0.1) is 17.1 Å². The Bertz CT molecular complexity index is 378. The number of methoxy groups -OCH3 is 1. The van der Waals surface area contributed by atoms with Gasteiger partial charge in [-0.2, -0.15) is 0 Å². The third-order valence-electron chi connectivity index (χ3n) is 2.10. The van der Waals surface area contributed by atoms with Crippen molar-refractivity contribution in [2.45, 2.75) is 20.8 Å². The molecular formula is C12H15BrO2. The molecule has 1 rings (SSSR count). The lowest BCUT2D eigenvalue weighted by Crippen LogP contribution is -2.20. The minimum Gasteiger partial charge on any atom is -0.495 e. The fourth-order valence-corrected chi connectivity index (χ4v) is 1.83. The van der Waals surface area contributed by atoms with Gasteiger partial charge >= 0.3 is 0 Å². The average Bonchev–Trinajstić information content (AvgIpc) is 2.14. The number of benzene rings is 1. The number of rotatable bonds is 2. The molecule has 0 aliphatic carbocycles. The summed E-state index contributed by atoms with van der Waals surface area (Å²) in [7, 11) is 1.57.